The van der Waals surface area contributed by atoms with Gasteiger partial charge in [-0.05, 0) is 49.4 Å². The lowest BCUT2D eigenvalue weighted by atomic mass is 10.1. The third-order valence-electron chi connectivity index (χ3n) is 3.49. The fraction of sp³-hybridized carbons (Fsp3) is 0.333. The Morgan fingerprint density at radius 3 is 2.37 bits per heavy atom. The van der Waals surface area contributed by atoms with E-state index in [4.69, 9.17) is 0 Å². The number of rotatable bonds is 7. The molecule has 1 heteroatoms. The van der Waals surface area contributed by atoms with Crippen molar-refractivity contribution in [3.63, 3.8) is 0 Å². The number of unbranched alkanes of at least 4 members (excludes halogenated alkanes) is 1. The van der Waals surface area contributed by atoms with Crippen LogP contribution < -0.4 is 5.32 Å². The van der Waals surface area contributed by atoms with Gasteiger partial charge in [-0.15, -0.1) is 0 Å². The first kappa shape index (κ1) is 13.8. The molecule has 0 aliphatic heterocycles. The first-order chi connectivity index (χ1) is 9.36. The molecule has 0 aliphatic rings. The van der Waals surface area contributed by atoms with Crippen molar-refractivity contribution in [1.82, 2.24) is 5.32 Å². The number of benzene rings is 2. The zero-order valence-electron chi connectivity index (χ0n) is 11.7. The van der Waals surface area contributed by atoms with Gasteiger partial charge in [0.05, 0.1) is 0 Å². The zero-order chi connectivity index (χ0) is 13.3. The van der Waals surface area contributed by atoms with Crippen molar-refractivity contribution in [2.24, 2.45) is 0 Å². The summed E-state index contributed by atoms with van der Waals surface area (Å²) < 4.78 is 0. The molecule has 1 N–H and O–H groups in total. The molecule has 19 heavy (non-hydrogen) atoms. The maximum atomic E-state index is 3.53. The maximum absolute atomic E-state index is 3.53. The SMILES string of the molecule is Cc1ccccc1CNCCCCc1ccccc1. The molecule has 0 fully saturated rings. The summed E-state index contributed by atoms with van der Waals surface area (Å²) in [5.41, 5.74) is 4.23. The lowest BCUT2D eigenvalue weighted by molar-refractivity contribution is 0.621. The second-order valence-electron chi connectivity index (χ2n) is 5.05. The van der Waals surface area contributed by atoms with E-state index in [1.54, 1.807) is 0 Å². The topological polar surface area (TPSA) is 12.0 Å². The van der Waals surface area contributed by atoms with E-state index in [-0.39, 0.29) is 0 Å². The Labute approximate surface area is 116 Å². The molecule has 0 aromatic heterocycles. The summed E-state index contributed by atoms with van der Waals surface area (Å²) in [7, 11) is 0. The molecule has 0 aliphatic carbocycles. The average molecular weight is 253 g/mol. The third-order valence-corrected chi connectivity index (χ3v) is 3.49. The monoisotopic (exact) mass is 253 g/mol. The molecule has 0 unspecified atom stereocenters. The molecule has 0 atom stereocenters. The lowest BCUT2D eigenvalue weighted by Crippen LogP contribution is -2.15. The first-order valence-electron chi connectivity index (χ1n) is 7.15. The van der Waals surface area contributed by atoms with E-state index in [9.17, 15) is 0 Å². The van der Waals surface area contributed by atoms with Gasteiger partial charge in [0.25, 0.3) is 0 Å². The minimum absolute atomic E-state index is 0.984. The molecular weight excluding hydrogens is 230 g/mol. The van der Waals surface area contributed by atoms with E-state index >= 15 is 0 Å². The van der Waals surface area contributed by atoms with Crippen molar-refractivity contribution < 1.29 is 0 Å². The van der Waals surface area contributed by atoms with Crippen molar-refractivity contribution >= 4 is 0 Å². The minimum atomic E-state index is 0.984. The fourth-order valence-electron chi connectivity index (χ4n) is 2.26. The van der Waals surface area contributed by atoms with Crippen LogP contribution in [-0.4, -0.2) is 6.54 Å². The molecule has 0 amide bonds. The summed E-state index contributed by atoms with van der Waals surface area (Å²) in [6.07, 6.45) is 3.68. The quantitative estimate of drug-likeness (QED) is 0.732. The van der Waals surface area contributed by atoms with Crippen LogP contribution in [0.5, 0.6) is 0 Å². The molecule has 1 nitrogen and oxygen atoms in total. The summed E-state index contributed by atoms with van der Waals surface area (Å²) in [4.78, 5) is 0. The van der Waals surface area contributed by atoms with Gasteiger partial charge in [0.1, 0.15) is 0 Å². The van der Waals surface area contributed by atoms with Crippen molar-refractivity contribution in [2.75, 3.05) is 6.54 Å². The highest BCUT2D eigenvalue weighted by Crippen LogP contribution is 2.07. The number of nitrogens with one attached hydrogen (secondary N) is 1. The van der Waals surface area contributed by atoms with E-state index in [0.29, 0.717) is 0 Å². The van der Waals surface area contributed by atoms with Gasteiger partial charge < -0.3 is 5.32 Å². The number of aryl methyl sites for hydroxylation is 2. The molecule has 100 valence electrons. The first-order valence-corrected chi connectivity index (χ1v) is 7.15. The Hall–Kier alpha value is -1.60. The highest BCUT2D eigenvalue weighted by molar-refractivity contribution is 5.25. The van der Waals surface area contributed by atoms with Crippen LogP contribution in [0.25, 0.3) is 0 Å². The van der Waals surface area contributed by atoms with E-state index < -0.39 is 0 Å². The van der Waals surface area contributed by atoms with Crippen molar-refractivity contribution in [3.8, 4) is 0 Å². The minimum Gasteiger partial charge on any atom is -0.313 e. The van der Waals surface area contributed by atoms with Crippen LogP contribution in [0, 0.1) is 6.92 Å². The second kappa shape index (κ2) is 7.75. The fourth-order valence-corrected chi connectivity index (χ4v) is 2.26. The molecule has 0 saturated heterocycles. The predicted molar refractivity (Wildman–Crippen MR) is 82.3 cm³/mol. The number of hydrogen-bond donors (Lipinski definition) is 1. The smallest absolute Gasteiger partial charge is 0.0208 e. The highest BCUT2D eigenvalue weighted by atomic mass is 14.8. The van der Waals surface area contributed by atoms with Gasteiger partial charge in [0.2, 0.25) is 0 Å². The van der Waals surface area contributed by atoms with E-state index in [1.807, 2.05) is 0 Å². The van der Waals surface area contributed by atoms with E-state index in [0.717, 1.165) is 13.1 Å². The van der Waals surface area contributed by atoms with Crippen molar-refractivity contribution in [3.05, 3.63) is 71.3 Å². The molecule has 2 aromatic rings. The Morgan fingerprint density at radius 2 is 1.58 bits per heavy atom. The number of hydrogen-bond acceptors (Lipinski definition) is 1. The Morgan fingerprint density at radius 1 is 0.842 bits per heavy atom. The van der Waals surface area contributed by atoms with Crippen LogP contribution in [0.1, 0.15) is 29.5 Å². The third kappa shape index (κ3) is 4.88. The van der Waals surface area contributed by atoms with Gasteiger partial charge in [-0.25, -0.2) is 0 Å². The largest absolute Gasteiger partial charge is 0.313 e. The molecule has 2 rings (SSSR count). The summed E-state index contributed by atoms with van der Waals surface area (Å²) in [5.74, 6) is 0. The predicted octanol–water partition coefficient (Wildman–Crippen LogP) is 4.11. The van der Waals surface area contributed by atoms with Gasteiger partial charge in [-0.2, -0.15) is 0 Å². The lowest BCUT2D eigenvalue weighted by Gasteiger charge is -2.07. The van der Waals surface area contributed by atoms with Gasteiger partial charge in [0.15, 0.2) is 0 Å². The van der Waals surface area contributed by atoms with Gasteiger partial charge in [0, 0.05) is 6.54 Å². The highest BCUT2D eigenvalue weighted by Gasteiger charge is 1.96. The maximum Gasteiger partial charge on any atom is 0.0208 e. The Balaban J connectivity index is 1.59. The second-order valence-corrected chi connectivity index (χ2v) is 5.05. The van der Waals surface area contributed by atoms with Crippen LogP contribution in [0.15, 0.2) is 54.6 Å². The summed E-state index contributed by atoms with van der Waals surface area (Å²) >= 11 is 0. The summed E-state index contributed by atoms with van der Waals surface area (Å²) in [6, 6.07) is 19.3. The van der Waals surface area contributed by atoms with Crippen LogP contribution in [-0.2, 0) is 13.0 Å². The molecule has 0 bridgehead atoms. The van der Waals surface area contributed by atoms with Crippen molar-refractivity contribution in [2.45, 2.75) is 32.7 Å². The normalized spacial score (nSPS) is 10.6. The molecule has 0 saturated carbocycles. The molecule has 0 spiro atoms. The molecule has 0 radical (unpaired) electrons. The summed E-state index contributed by atoms with van der Waals surface area (Å²) in [6.45, 7) is 4.26. The molecular formula is C18H23N. The summed E-state index contributed by atoms with van der Waals surface area (Å²) in [5, 5.41) is 3.53. The van der Waals surface area contributed by atoms with E-state index in [2.05, 4.69) is 66.8 Å². The Bertz CT molecular complexity index is 476. The van der Waals surface area contributed by atoms with Gasteiger partial charge >= 0.3 is 0 Å². The van der Waals surface area contributed by atoms with Gasteiger partial charge in [-0.3, -0.25) is 0 Å². The average Bonchev–Trinajstić information content (AvgIpc) is 2.45. The van der Waals surface area contributed by atoms with Crippen LogP contribution >= 0.6 is 0 Å². The van der Waals surface area contributed by atoms with Crippen LogP contribution in [0.4, 0.5) is 0 Å². The zero-order valence-corrected chi connectivity index (χ0v) is 11.7. The molecule has 2 aromatic carbocycles. The standard InChI is InChI=1S/C18H23N/c1-16-9-5-6-13-18(16)15-19-14-8-7-12-17-10-3-2-4-11-17/h2-6,9-11,13,19H,7-8,12,14-15H2,1H3. The van der Waals surface area contributed by atoms with Crippen molar-refractivity contribution in [1.29, 1.82) is 0 Å². The van der Waals surface area contributed by atoms with Crippen LogP contribution in [0.3, 0.4) is 0 Å². The van der Waals surface area contributed by atoms with Gasteiger partial charge in [-0.1, -0.05) is 54.6 Å². The molecule has 0 heterocycles. The Kier molecular flexibility index (Phi) is 5.64. The van der Waals surface area contributed by atoms with Crippen LogP contribution in [0.2, 0.25) is 0 Å². The van der Waals surface area contributed by atoms with E-state index in [1.165, 1.54) is 36.0 Å².